The highest BCUT2D eigenvalue weighted by Gasteiger charge is 2.13. The molecule has 23 heavy (non-hydrogen) atoms. The summed E-state index contributed by atoms with van der Waals surface area (Å²) in [6.45, 7) is 0.416. The van der Waals surface area contributed by atoms with Crippen LogP contribution in [0.3, 0.4) is 0 Å². The van der Waals surface area contributed by atoms with Crippen LogP contribution in [0.15, 0.2) is 53.3 Å². The number of hydrogen-bond donors (Lipinski definition) is 2. The summed E-state index contributed by atoms with van der Waals surface area (Å²) in [5.41, 5.74) is 6.87. The number of nitrogens with two attached hydrogens (primary N) is 1. The van der Waals surface area contributed by atoms with Crippen molar-refractivity contribution >= 4 is 22.6 Å². The van der Waals surface area contributed by atoms with Crippen LogP contribution in [-0.4, -0.2) is 22.1 Å². The molecule has 118 valence electrons. The molecule has 0 spiro atoms. The molecule has 0 aliphatic carbocycles. The van der Waals surface area contributed by atoms with Gasteiger partial charge in [0.1, 0.15) is 5.75 Å². The Morgan fingerprint density at radius 3 is 2.74 bits per heavy atom. The second-order valence-electron chi connectivity index (χ2n) is 5.20. The van der Waals surface area contributed by atoms with E-state index in [0.29, 0.717) is 29.7 Å². The predicted octanol–water partition coefficient (Wildman–Crippen LogP) is 2.41. The number of anilines is 1. The molecule has 0 bridgehead atoms. The van der Waals surface area contributed by atoms with Crippen molar-refractivity contribution in [2.24, 2.45) is 0 Å². The minimum Gasteiger partial charge on any atom is -0.494 e. The van der Waals surface area contributed by atoms with E-state index in [-0.39, 0.29) is 12.3 Å². The molecule has 0 saturated heterocycles. The minimum absolute atomic E-state index is 0.226. The molecule has 3 aromatic rings. The molecule has 0 unspecified atom stereocenters. The quantitative estimate of drug-likeness (QED) is 0.559. The number of carbonyl (C=O) groups is 1. The van der Waals surface area contributed by atoms with Crippen molar-refractivity contribution < 1.29 is 9.53 Å². The molecular formula is C17H17N3O3. The van der Waals surface area contributed by atoms with Gasteiger partial charge >= 0.3 is 5.69 Å². The number of para-hydroxylation sites is 1. The highest BCUT2D eigenvalue weighted by atomic mass is 16.5. The fraction of sp³-hybridized carbons (Fsp3) is 0.176. The van der Waals surface area contributed by atoms with Gasteiger partial charge in [-0.2, -0.15) is 0 Å². The van der Waals surface area contributed by atoms with E-state index in [0.717, 1.165) is 10.3 Å². The number of fused-ring (bicyclic) bond motifs is 1. The van der Waals surface area contributed by atoms with Gasteiger partial charge in [-0.1, -0.05) is 18.2 Å². The first-order valence-corrected chi connectivity index (χ1v) is 7.36. The summed E-state index contributed by atoms with van der Waals surface area (Å²) >= 11 is 0. The summed E-state index contributed by atoms with van der Waals surface area (Å²) in [5.74, 6) is 0.502. The Hall–Kier alpha value is -3.02. The highest BCUT2D eigenvalue weighted by Crippen LogP contribution is 2.15. The monoisotopic (exact) mass is 311 g/mol. The van der Waals surface area contributed by atoms with Gasteiger partial charge in [-0.3, -0.25) is 4.79 Å². The second kappa shape index (κ2) is 6.39. The van der Waals surface area contributed by atoms with E-state index < -0.39 is 5.69 Å². The van der Waals surface area contributed by atoms with Crippen LogP contribution < -0.4 is 16.2 Å². The third-order valence-corrected chi connectivity index (χ3v) is 3.50. The Bertz CT molecular complexity index is 881. The number of H-pyrrole nitrogens is 1. The van der Waals surface area contributed by atoms with Crippen molar-refractivity contribution in [1.29, 1.82) is 0 Å². The number of rotatable bonds is 5. The molecule has 1 heterocycles. The van der Waals surface area contributed by atoms with Crippen molar-refractivity contribution in [2.45, 2.75) is 12.8 Å². The SMILES string of the molecule is Nc1ccc2c(c1)[nH]c(=O)n2C(=O)CCCOc1ccccc1. The van der Waals surface area contributed by atoms with Gasteiger partial charge in [0.05, 0.1) is 17.6 Å². The smallest absolute Gasteiger partial charge is 0.333 e. The Balaban J connectivity index is 1.65. The van der Waals surface area contributed by atoms with Gasteiger partial charge in [0.25, 0.3) is 0 Å². The molecule has 0 radical (unpaired) electrons. The molecule has 6 nitrogen and oxygen atoms in total. The molecular weight excluding hydrogens is 294 g/mol. The van der Waals surface area contributed by atoms with E-state index in [4.69, 9.17) is 10.5 Å². The minimum atomic E-state index is -0.445. The Labute approximate surface area is 132 Å². The maximum atomic E-state index is 12.3. The van der Waals surface area contributed by atoms with E-state index in [2.05, 4.69) is 4.98 Å². The number of aromatic amines is 1. The van der Waals surface area contributed by atoms with E-state index in [1.54, 1.807) is 18.2 Å². The first-order valence-electron chi connectivity index (χ1n) is 7.36. The Morgan fingerprint density at radius 2 is 1.96 bits per heavy atom. The summed E-state index contributed by atoms with van der Waals surface area (Å²) in [5, 5.41) is 0. The van der Waals surface area contributed by atoms with Crippen LogP contribution in [0.1, 0.15) is 17.6 Å². The Morgan fingerprint density at radius 1 is 1.17 bits per heavy atom. The number of nitrogens with one attached hydrogen (secondary N) is 1. The lowest BCUT2D eigenvalue weighted by Crippen LogP contribution is -2.24. The van der Waals surface area contributed by atoms with Crippen molar-refractivity contribution in [2.75, 3.05) is 12.3 Å². The maximum absolute atomic E-state index is 12.3. The molecule has 3 rings (SSSR count). The van der Waals surface area contributed by atoms with E-state index in [9.17, 15) is 9.59 Å². The van der Waals surface area contributed by atoms with Gasteiger partial charge in [-0.15, -0.1) is 0 Å². The largest absolute Gasteiger partial charge is 0.494 e. The first kappa shape index (κ1) is 14.9. The van der Waals surface area contributed by atoms with Gasteiger partial charge in [0.2, 0.25) is 5.91 Å². The molecule has 6 heteroatoms. The third kappa shape index (κ3) is 3.26. The van der Waals surface area contributed by atoms with Gasteiger partial charge in [0.15, 0.2) is 0 Å². The van der Waals surface area contributed by atoms with Gasteiger partial charge in [-0.25, -0.2) is 9.36 Å². The molecule has 0 saturated carbocycles. The zero-order valence-corrected chi connectivity index (χ0v) is 12.5. The molecule has 0 atom stereocenters. The maximum Gasteiger partial charge on any atom is 0.333 e. The molecule has 3 N–H and O–H groups in total. The van der Waals surface area contributed by atoms with Crippen molar-refractivity contribution in [1.82, 2.24) is 9.55 Å². The molecule has 0 amide bonds. The molecule has 0 aliphatic rings. The summed E-state index contributed by atoms with van der Waals surface area (Å²) in [6, 6.07) is 14.4. The van der Waals surface area contributed by atoms with Crippen molar-refractivity contribution in [3.63, 3.8) is 0 Å². The lowest BCUT2D eigenvalue weighted by Gasteiger charge is -2.06. The summed E-state index contributed by atoms with van der Waals surface area (Å²) < 4.78 is 6.69. The lowest BCUT2D eigenvalue weighted by atomic mass is 10.2. The zero-order chi connectivity index (χ0) is 16.2. The molecule has 0 aliphatic heterocycles. The van der Waals surface area contributed by atoms with Gasteiger partial charge in [0, 0.05) is 12.1 Å². The van der Waals surface area contributed by atoms with E-state index in [1.807, 2.05) is 30.3 Å². The highest BCUT2D eigenvalue weighted by molar-refractivity contribution is 5.91. The van der Waals surface area contributed by atoms with Crippen molar-refractivity contribution in [3.8, 4) is 5.75 Å². The first-order chi connectivity index (χ1) is 11.1. The summed E-state index contributed by atoms with van der Waals surface area (Å²) in [6.07, 6.45) is 0.756. The fourth-order valence-electron chi connectivity index (χ4n) is 2.42. The van der Waals surface area contributed by atoms with E-state index >= 15 is 0 Å². The van der Waals surface area contributed by atoms with Gasteiger partial charge < -0.3 is 15.5 Å². The standard InChI is InChI=1S/C17H17N3O3/c18-12-8-9-15-14(11-12)19-17(22)20(15)16(21)7-4-10-23-13-5-2-1-3-6-13/h1-3,5-6,8-9,11H,4,7,10,18H2,(H,19,22). The summed E-state index contributed by atoms with van der Waals surface area (Å²) in [4.78, 5) is 26.9. The lowest BCUT2D eigenvalue weighted by molar-refractivity contribution is 0.0894. The van der Waals surface area contributed by atoms with Gasteiger partial charge in [-0.05, 0) is 36.8 Å². The fourth-order valence-corrected chi connectivity index (χ4v) is 2.42. The number of nitrogen functional groups attached to an aromatic ring is 1. The number of carbonyl (C=O) groups excluding carboxylic acids is 1. The average Bonchev–Trinajstić information content (AvgIpc) is 2.87. The number of nitrogens with zero attached hydrogens (tertiary/aromatic N) is 1. The van der Waals surface area contributed by atoms with Crippen molar-refractivity contribution in [3.05, 3.63) is 59.0 Å². The van der Waals surface area contributed by atoms with Crippen LogP contribution in [0.5, 0.6) is 5.75 Å². The Kier molecular flexibility index (Phi) is 4.14. The third-order valence-electron chi connectivity index (χ3n) is 3.50. The molecule has 1 aromatic heterocycles. The average molecular weight is 311 g/mol. The number of ether oxygens (including phenoxy) is 1. The van der Waals surface area contributed by atoms with Crippen LogP contribution in [-0.2, 0) is 0 Å². The normalized spacial score (nSPS) is 10.8. The topological polar surface area (TPSA) is 90.1 Å². The number of hydrogen-bond acceptors (Lipinski definition) is 4. The van der Waals surface area contributed by atoms with E-state index in [1.165, 1.54) is 0 Å². The van der Waals surface area contributed by atoms with Crippen LogP contribution in [0.25, 0.3) is 11.0 Å². The predicted molar refractivity (Wildman–Crippen MR) is 88.8 cm³/mol. The number of imidazole rings is 1. The molecule has 2 aromatic carbocycles. The van der Waals surface area contributed by atoms with Crippen LogP contribution in [0.2, 0.25) is 0 Å². The van der Waals surface area contributed by atoms with Crippen LogP contribution in [0, 0.1) is 0 Å². The zero-order valence-electron chi connectivity index (χ0n) is 12.5. The van der Waals surface area contributed by atoms with Crippen LogP contribution >= 0.6 is 0 Å². The summed E-state index contributed by atoms with van der Waals surface area (Å²) in [7, 11) is 0. The second-order valence-corrected chi connectivity index (χ2v) is 5.20. The number of aromatic nitrogens is 2. The van der Waals surface area contributed by atoms with Crippen LogP contribution in [0.4, 0.5) is 5.69 Å². The number of benzene rings is 2. The molecule has 0 fully saturated rings.